The minimum atomic E-state index is -1.22. The summed E-state index contributed by atoms with van der Waals surface area (Å²) in [6.45, 7) is 0.452. The monoisotopic (exact) mass is 323 g/mol. The molecule has 1 amide bonds. The third-order valence-corrected chi connectivity index (χ3v) is 4.80. The number of carboxylic acid groups (broad SMARTS) is 1. The largest absolute Gasteiger partial charge is 0.481 e. The van der Waals surface area contributed by atoms with Gasteiger partial charge in [0.15, 0.2) is 0 Å². The number of likely N-dealkylation sites (tertiary alicyclic amines) is 1. The second-order valence-electron chi connectivity index (χ2n) is 5.66. The van der Waals surface area contributed by atoms with Gasteiger partial charge >= 0.3 is 5.97 Å². The van der Waals surface area contributed by atoms with Crippen molar-refractivity contribution in [2.24, 2.45) is 5.41 Å². The lowest BCUT2D eigenvalue weighted by Crippen LogP contribution is -2.57. The molecule has 0 aliphatic carbocycles. The second kappa shape index (κ2) is 7.15. The van der Waals surface area contributed by atoms with Gasteiger partial charge in [0.2, 0.25) is 5.91 Å². The van der Waals surface area contributed by atoms with Gasteiger partial charge < -0.3 is 15.1 Å². The van der Waals surface area contributed by atoms with Crippen molar-refractivity contribution in [1.29, 1.82) is 0 Å². The number of carboxylic acids is 1. The summed E-state index contributed by atoms with van der Waals surface area (Å²) in [6, 6.07) is 9.31. The molecule has 120 valence electrons. The fraction of sp³-hybridized carbons (Fsp3) is 0.500. The maximum Gasteiger partial charge on any atom is 0.312 e. The summed E-state index contributed by atoms with van der Waals surface area (Å²) in [5.41, 5.74) is -0.342. The van der Waals surface area contributed by atoms with E-state index in [4.69, 9.17) is 0 Å². The van der Waals surface area contributed by atoms with Gasteiger partial charge in [-0.2, -0.15) is 11.8 Å². The lowest BCUT2D eigenvalue weighted by atomic mass is 9.71. The third kappa shape index (κ3) is 3.44. The summed E-state index contributed by atoms with van der Waals surface area (Å²) in [4.78, 5) is 25.3. The van der Waals surface area contributed by atoms with E-state index in [2.05, 4.69) is 0 Å². The molecule has 0 spiro atoms. The van der Waals surface area contributed by atoms with Crippen LogP contribution in [0.2, 0.25) is 0 Å². The highest BCUT2D eigenvalue weighted by Crippen LogP contribution is 2.36. The predicted molar refractivity (Wildman–Crippen MR) is 85.8 cm³/mol. The summed E-state index contributed by atoms with van der Waals surface area (Å²) in [7, 11) is 0. The summed E-state index contributed by atoms with van der Waals surface area (Å²) in [5.74, 6) is -0.697. The molecule has 0 aromatic heterocycles. The lowest BCUT2D eigenvalue weighted by Gasteiger charge is -2.42. The molecule has 0 unspecified atom stereocenters. The molecule has 1 fully saturated rings. The zero-order valence-electron chi connectivity index (χ0n) is 12.6. The van der Waals surface area contributed by atoms with Crippen LogP contribution in [0.15, 0.2) is 30.3 Å². The topological polar surface area (TPSA) is 77.8 Å². The van der Waals surface area contributed by atoms with Crippen LogP contribution < -0.4 is 0 Å². The molecule has 1 aliphatic heterocycles. The fourth-order valence-electron chi connectivity index (χ4n) is 2.91. The van der Waals surface area contributed by atoms with Crippen LogP contribution in [0.1, 0.15) is 12.0 Å². The van der Waals surface area contributed by atoms with Gasteiger partial charge in [0, 0.05) is 13.1 Å². The van der Waals surface area contributed by atoms with Crippen molar-refractivity contribution >= 4 is 23.6 Å². The van der Waals surface area contributed by atoms with Crippen molar-refractivity contribution in [3.8, 4) is 0 Å². The Kier molecular flexibility index (Phi) is 5.47. The molecule has 0 radical (unpaired) electrons. The first kappa shape index (κ1) is 16.8. The van der Waals surface area contributed by atoms with Crippen LogP contribution >= 0.6 is 11.8 Å². The molecular formula is C16H21NO4S. The van der Waals surface area contributed by atoms with E-state index in [9.17, 15) is 19.8 Å². The highest BCUT2D eigenvalue weighted by atomic mass is 32.2. The van der Waals surface area contributed by atoms with Crippen molar-refractivity contribution in [1.82, 2.24) is 4.90 Å². The molecule has 1 aromatic carbocycles. The Morgan fingerprint density at radius 1 is 1.36 bits per heavy atom. The van der Waals surface area contributed by atoms with Crippen molar-refractivity contribution in [2.45, 2.75) is 18.9 Å². The smallest absolute Gasteiger partial charge is 0.312 e. The number of benzene rings is 1. The first-order valence-electron chi connectivity index (χ1n) is 7.21. The van der Waals surface area contributed by atoms with Crippen LogP contribution in [0, 0.1) is 5.41 Å². The number of nitrogens with zero attached hydrogens (tertiary/aromatic N) is 1. The normalized spacial score (nSPS) is 25.0. The molecule has 1 heterocycles. The van der Waals surface area contributed by atoms with Crippen LogP contribution in [-0.4, -0.2) is 58.2 Å². The number of hydrogen-bond acceptors (Lipinski definition) is 4. The number of carbonyl (C=O) groups is 2. The molecule has 1 aliphatic rings. The van der Waals surface area contributed by atoms with Crippen LogP contribution in [-0.2, 0) is 16.0 Å². The Balaban J connectivity index is 2.16. The standard InChI is InChI=1S/C16H21NO4S/c1-22-11-14(19)17-8-7-16(15(20)21,13(18)10-17)9-12-5-3-2-4-6-12/h2-6,13,18H,7-11H2,1H3,(H,20,21)/t13-,16-/m1/s1. The number of thioether (sulfide) groups is 1. The molecule has 1 saturated heterocycles. The molecule has 1 aromatic rings. The average Bonchev–Trinajstić information content (AvgIpc) is 2.50. The first-order chi connectivity index (χ1) is 10.5. The van der Waals surface area contributed by atoms with Crippen LogP contribution in [0.5, 0.6) is 0 Å². The minimum Gasteiger partial charge on any atom is -0.481 e. The van der Waals surface area contributed by atoms with E-state index in [0.29, 0.717) is 12.3 Å². The van der Waals surface area contributed by atoms with Crippen molar-refractivity contribution in [3.05, 3.63) is 35.9 Å². The van der Waals surface area contributed by atoms with Gasteiger partial charge in [0.25, 0.3) is 0 Å². The Morgan fingerprint density at radius 3 is 2.59 bits per heavy atom. The molecule has 0 bridgehead atoms. The minimum absolute atomic E-state index is 0.0507. The lowest BCUT2D eigenvalue weighted by molar-refractivity contribution is -0.165. The van der Waals surface area contributed by atoms with E-state index in [1.807, 2.05) is 36.6 Å². The summed E-state index contributed by atoms with van der Waals surface area (Å²) in [5, 5.41) is 20.1. The van der Waals surface area contributed by atoms with Crippen molar-refractivity contribution in [2.75, 3.05) is 25.1 Å². The maximum absolute atomic E-state index is 11.9. The first-order valence-corrected chi connectivity index (χ1v) is 8.61. The molecule has 22 heavy (non-hydrogen) atoms. The number of aliphatic hydroxyl groups is 1. The maximum atomic E-state index is 11.9. The van der Waals surface area contributed by atoms with E-state index < -0.39 is 17.5 Å². The van der Waals surface area contributed by atoms with Gasteiger partial charge in [-0.25, -0.2) is 0 Å². The van der Waals surface area contributed by atoms with E-state index >= 15 is 0 Å². The zero-order chi connectivity index (χ0) is 16.2. The van der Waals surface area contributed by atoms with Crippen LogP contribution in [0.4, 0.5) is 0 Å². The van der Waals surface area contributed by atoms with Gasteiger partial charge in [-0.1, -0.05) is 30.3 Å². The Bertz CT molecular complexity index is 536. The van der Waals surface area contributed by atoms with Crippen LogP contribution in [0.25, 0.3) is 0 Å². The number of aliphatic hydroxyl groups excluding tert-OH is 1. The number of aliphatic carboxylic acids is 1. The quantitative estimate of drug-likeness (QED) is 0.853. The molecular weight excluding hydrogens is 302 g/mol. The molecule has 2 atom stereocenters. The Labute approximate surface area is 134 Å². The average molecular weight is 323 g/mol. The zero-order valence-corrected chi connectivity index (χ0v) is 13.4. The van der Waals surface area contributed by atoms with Gasteiger partial charge in [-0.3, -0.25) is 9.59 Å². The number of β-amino-alcohol motifs (C(OH)–C–C–N with tert-alkyl or cyclic N) is 1. The molecule has 2 rings (SSSR count). The number of piperidine rings is 1. The third-order valence-electron chi connectivity index (χ3n) is 4.27. The van der Waals surface area contributed by atoms with E-state index in [-0.39, 0.29) is 25.3 Å². The highest BCUT2D eigenvalue weighted by Gasteiger charge is 2.49. The van der Waals surface area contributed by atoms with E-state index in [1.165, 1.54) is 11.8 Å². The Morgan fingerprint density at radius 2 is 2.05 bits per heavy atom. The molecule has 5 nitrogen and oxygen atoms in total. The van der Waals surface area contributed by atoms with Gasteiger partial charge in [-0.05, 0) is 24.7 Å². The SMILES string of the molecule is CSCC(=O)N1CC[C@](Cc2ccccc2)(C(=O)O)[C@H](O)C1. The molecule has 2 N–H and O–H groups in total. The van der Waals surface area contributed by atoms with Gasteiger partial charge in [0.1, 0.15) is 5.41 Å². The highest BCUT2D eigenvalue weighted by molar-refractivity contribution is 7.99. The number of amides is 1. The summed E-state index contributed by atoms with van der Waals surface area (Å²) in [6.07, 6.45) is 1.31. The predicted octanol–water partition coefficient (Wildman–Crippen LogP) is 1.26. The van der Waals surface area contributed by atoms with E-state index in [1.54, 1.807) is 4.90 Å². The number of carbonyl (C=O) groups excluding carboxylic acids is 1. The number of hydrogen-bond donors (Lipinski definition) is 2. The Hall–Kier alpha value is -1.53. The molecule has 0 saturated carbocycles. The second-order valence-corrected chi connectivity index (χ2v) is 6.53. The summed E-state index contributed by atoms with van der Waals surface area (Å²) < 4.78 is 0. The molecule has 6 heteroatoms. The fourth-order valence-corrected chi connectivity index (χ4v) is 3.34. The van der Waals surface area contributed by atoms with Crippen molar-refractivity contribution in [3.63, 3.8) is 0 Å². The van der Waals surface area contributed by atoms with E-state index in [0.717, 1.165) is 5.56 Å². The van der Waals surface area contributed by atoms with Gasteiger partial charge in [0.05, 0.1) is 11.9 Å². The van der Waals surface area contributed by atoms with Crippen LogP contribution in [0.3, 0.4) is 0 Å². The summed E-state index contributed by atoms with van der Waals surface area (Å²) >= 11 is 1.42. The van der Waals surface area contributed by atoms with Crippen molar-refractivity contribution < 1.29 is 19.8 Å². The number of rotatable bonds is 5. The van der Waals surface area contributed by atoms with Gasteiger partial charge in [-0.15, -0.1) is 0 Å².